The first-order valence-electron chi connectivity index (χ1n) is 9.10. The van der Waals surface area contributed by atoms with E-state index in [0.717, 1.165) is 16.8 Å². The maximum Gasteiger partial charge on any atom is 0.0791 e. The lowest BCUT2D eigenvalue weighted by Gasteiger charge is -2.27. The van der Waals surface area contributed by atoms with Crippen LogP contribution in [0.25, 0.3) is 33.3 Å². The zero-order valence-electron chi connectivity index (χ0n) is 16.0. The molecule has 1 nitrogen and oxygen atoms in total. The van der Waals surface area contributed by atoms with E-state index in [1.165, 1.54) is 22.1 Å². The third-order valence-electron chi connectivity index (χ3n) is 4.75. The van der Waals surface area contributed by atoms with E-state index in [0.29, 0.717) is 0 Å². The summed E-state index contributed by atoms with van der Waals surface area (Å²) in [7, 11) is 0. The number of hydrogen-bond donors (Lipinski definition) is 0. The third kappa shape index (κ3) is 3.58. The molecule has 27 heavy (non-hydrogen) atoms. The number of benzene rings is 3. The van der Waals surface area contributed by atoms with Gasteiger partial charge in [-0.3, -0.25) is 0 Å². The van der Waals surface area contributed by atoms with Crippen molar-refractivity contribution in [2.24, 2.45) is 0 Å². The average molecular weight is 366 g/mol. The molecule has 0 spiro atoms. The molecule has 0 saturated carbocycles. The fourth-order valence-electron chi connectivity index (χ4n) is 3.68. The van der Waals surface area contributed by atoms with Gasteiger partial charge in [-0.2, -0.15) is 0 Å². The van der Waals surface area contributed by atoms with Crippen LogP contribution in [0.2, 0.25) is 0 Å². The maximum absolute atomic E-state index is 5.10. The van der Waals surface area contributed by atoms with Gasteiger partial charge in [0.1, 0.15) is 0 Å². The summed E-state index contributed by atoms with van der Waals surface area (Å²) in [6, 6.07) is 29.7. The molecule has 0 aliphatic heterocycles. The molecular weight excluding hydrogens is 342 g/mol. The number of rotatable bonds is 2. The third-order valence-corrected chi connectivity index (χ3v) is 4.75. The van der Waals surface area contributed by atoms with Crippen LogP contribution in [-0.2, 0) is 5.41 Å². The van der Waals surface area contributed by atoms with Crippen LogP contribution < -0.4 is 0 Å². The van der Waals surface area contributed by atoms with Crippen molar-refractivity contribution in [3.05, 3.63) is 90.5 Å². The Labute approximate surface area is 166 Å². The van der Waals surface area contributed by atoms with Gasteiger partial charge in [-0.25, -0.2) is 4.98 Å². The summed E-state index contributed by atoms with van der Waals surface area (Å²) in [5.74, 6) is 0. The van der Waals surface area contributed by atoms with Gasteiger partial charge in [0.25, 0.3) is 0 Å². The molecule has 1 aromatic heterocycles. The van der Waals surface area contributed by atoms with Crippen molar-refractivity contribution in [1.29, 1.82) is 0 Å². The summed E-state index contributed by atoms with van der Waals surface area (Å²) in [5.41, 5.74) is 7.07. The van der Waals surface area contributed by atoms with E-state index < -0.39 is 0 Å². The average Bonchev–Trinajstić information content (AvgIpc) is 2.67. The van der Waals surface area contributed by atoms with Gasteiger partial charge in [0.2, 0.25) is 0 Å². The molecule has 0 aliphatic carbocycles. The zero-order chi connectivity index (χ0) is 18.1. The molecule has 0 atom stereocenters. The van der Waals surface area contributed by atoms with E-state index in [1.54, 1.807) is 0 Å². The summed E-state index contributed by atoms with van der Waals surface area (Å²) in [5, 5.41) is 1.23. The Bertz CT molecular complexity index is 1050. The number of hydrogen-bond acceptors (Lipinski definition) is 1. The summed E-state index contributed by atoms with van der Waals surface area (Å²) in [6.07, 6.45) is 0. The van der Waals surface area contributed by atoms with Crippen LogP contribution in [0, 0.1) is 0 Å². The van der Waals surface area contributed by atoms with Gasteiger partial charge < -0.3 is 0 Å². The lowest BCUT2D eigenvalue weighted by Crippen LogP contribution is -2.15. The highest BCUT2D eigenvalue weighted by Crippen LogP contribution is 2.42. The minimum Gasteiger partial charge on any atom is -0.247 e. The topological polar surface area (TPSA) is 12.9 Å². The van der Waals surface area contributed by atoms with Gasteiger partial charge in [-0.15, -0.1) is 0 Å². The van der Waals surface area contributed by atoms with Gasteiger partial charge in [0.15, 0.2) is 0 Å². The van der Waals surface area contributed by atoms with Crippen LogP contribution in [0.4, 0.5) is 0 Å². The number of nitrogens with zero attached hydrogens (tertiary/aromatic N) is 1. The highest BCUT2D eigenvalue weighted by Gasteiger charge is 2.25. The monoisotopic (exact) mass is 365 g/mol. The largest absolute Gasteiger partial charge is 0.247 e. The molecule has 0 saturated heterocycles. The fraction of sp³-hybridized carbons (Fsp3) is 0.160. The highest BCUT2D eigenvalue weighted by molar-refractivity contribution is 5.96. The minimum absolute atomic E-state index is 0. The molecule has 2 heteroatoms. The zero-order valence-corrected chi connectivity index (χ0v) is 17.0. The number of fused-ring (bicyclic) bond motifs is 1. The first-order valence-corrected chi connectivity index (χ1v) is 9.10. The Morgan fingerprint density at radius 2 is 1.15 bits per heavy atom. The van der Waals surface area contributed by atoms with Crippen molar-refractivity contribution < 1.29 is 0 Å². The molecule has 132 valence electrons. The predicted molar refractivity (Wildman–Crippen MR) is 117 cm³/mol. The molecule has 1 heterocycles. The van der Waals surface area contributed by atoms with Crippen LogP contribution in [0.15, 0.2) is 84.9 Å². The van der Waals surface area contributed by atoms with Crippen molar-refractivity contribution in [3.63, 3.8) is 0 Å². The molecule has 0 bridgehead atoms. The quantitative estimate of drug-likeness (QED) is 0.370. The smallest absolute Gasteiger partial charge is 0.0791 e. The summed E-state index contributed by atoms with van der Waals surface area (Å²) in [4.78, 5) is 5.10. The molecule has 3 aromatic carbocycles. The van der Waals surface area contributed by atoms with Crippen molar-refractivity contribution >= 4 is 21.9 Å². The van der Waals surface area contributed by atoms with E-state index in [2.05, 4.69) is 106 Å². The van der Waals surface area contributed by atoms with Crippen LogP contribution in [-0.4, -0.2) is 15.9 Å². The van der Waals surface area contributed by atoms with Gasteiger partial charge in [-0.05, 0) is 22.6 Å². The second-order valence-corrected chi connectivity index (χ2v) is 7.71. The van der Waals surface area contributed by atoms with Crippen molar-refractivity contribution in [2.75, 3.05) is 0 Å². The fourth-order valence-corrected chi connectivity index (χ4v) is 3.68. The van der Waals surface area contributed by atoms with E-state index in [4.69, 9.17) is 4.98 Å². The SMILES string of the molecule is CC(C)(C)c1c(-c2ccccc2)c(-c2ccccc2)nc2ccccc12.[Si]. The first kappa shape index (κ1) is 19.1. The number of aromatic nitrogens is 1. The van der Waals surface area contributed by atoms with E-state index >= 15 is 0 Å². The first-order chi connectivity index (χ1) is 12.6. The Morgan fingerprint density at radius 1 is 0.630 bits per heavy atom. The van der Waals surface area contributed by atoms with Gasteiger partial charge in [0, 0.05) is 27.5 Å². The summed E-state index contributed by atoms with van der Waals surface area (Å²) >= 11 is 0. The van der Waals surface area contributed by atoms with Crippen LogP contribution in [0.5, 0.6) is 0 Å². The van der Waals surface area contributed by atoms with Gasteiger partial charge in [-0.1, -0.05) is 99.6 Å². The summed E-state index contributed by atoms with van der Waals surface area (Å²) in [6.45, 7) is 6.86. The van der Waals surface area contributed by atoms with Crippen molar-refractivity contribution in [1.82, 2.24) is 4.98 Å². The lowest BCUT2D eigenvalue weighted by atomic mass is 9.78. The molecule has 0 amide bonds. The van der Waals surface area contributed by atoms with Gasteiger partial charge in [0.05, 0.1) is 11.2 Å². The highest BCUT2D eigenvalue weighted by atomic mass is 28.1. The summed E-state index contributed by atoms with van der Waals surface area (Å²) < 4.78 is 0. The molecule has 0 N–H and O–H groups in total. The van der Waals surface area contributed by atoms with E-state index in [1.807, 2.05) is 0 Å². The Hall–Kier alpha value is -2.71. The minimum atomic E-state index is -0.00273. The maximum atomic E-state index is 5.10. The van der Waals surface area contributed by atoms with Crippen molar-refractivity contribution in [3.8, 4) is 22.4 Å². The van der Waals surface area contributed by atoms with Gasteiger partial charge >= 0.3 is 0 Å². The van der Waals surface area contributed by atoms with Crippen LogP contribution in [0.3, 0.4) is 0 Å². The molecule has 0 aliphatic rings. The Kier molecular flexibility index (Phi) is 5.29. The van der Waals surface area contributed by atoms with E-state index in [-0.39, 0.29) is 16.4 Å². The molecule has 4 rings (SSSR count). The Balaban J connectivity index is 0.00000210. The second-order valence-electron chi connectivity index (χ2n) is 7.71. The second kappa shape index (κ2) is 7.49. The standard InChI is InChI=1S/C25H23N.Si/c1-25(2,3)23-20-16-10-11-17-21(20)26-24(19-14-8-5-9-15-19)22(23)18-12-6-4-7-13-18;/h4-17H,1-3H3;. The number of para-hydroxylation sites is 1. The number of pyridine rings is 1. The molecular formula is C25H23NSi. The molecule has 4 radical (unpaired) electrons. The van der Waals surface area contributed by atoms with Crippen molar-refractivity contribution in [2.45, 2.75) is 26.2 Å². The molecule has 0 fully saturated rings. The molecule has 4 aromatic rings. The Morgan fingerprint density at radius 3 is 1.74 bits per heavy atom. The van der Waals surface area contributed by atoms with Crippen LogP contribution >= 0.6 is 0 Å². The molecule has 0 unspecified atom stereocenters. The predicted octanol–water partition coefficient (Wildman–Crippen LogP) is 6.49. The van der Waals surface area contributed by atoms with E-state index in [9.17, 15) is 0 Å². The lowest BCUT2D eigenvalue weighted by molar-refractivity contribution is 0.597. The normalized spacial score (nSPS) is 11.2. The van der Waals surface area contributed by atoms with Crippen LogP contribution in [0.1, 0.15) is 26.3 Å².